The van der Waals surface area contributed by atoms with Gasteiger partial charge in [0.05, 0.1) is 0 Å². The molecular formula is C15H20BrNO2. The Bertz CT molecular complexity index is 444. The second kappa shape index (κ2) is 6.14. The molecule has 19 heavy (non-hydrogen) atoms. The lowest BCUT2D eigenvalue weighted by Gasteiger charge is -2.11. The van der Waals surface area contributed by atoms with Crippen LogP contribution in [0.3, 0.4) is 0 Å². The number of hydrogen-bond acceptors (Lipinski definition) is 3. The van der Waals surface area contributed by atoms with Gasteiger partial charge in [0.1, 0.15) is 0 Å². The second-order valence-corrected chi connectivity index (χ2v) is 6.27. The molecule has 1 saturated carbocycles. The molecule has 0 atom stereocenters. The molecule has 1 N–H and O–H groups in total. The zero-order chi connectivity index (χ0) is 13.1. The molecule has 0 aromatic heterocycles. The molecule has 0 spiro atoms. The molecule has 1 aliphatic carbocycles. The Kier molecular flexibility index (Phi) is 4.28. The number of halogens is 1. The molecule has 104 valence electrons. The highest BCUT2D eigenvalue weighted by molar-refractivity contribution is 9.10. The summed E-state index contributed by atoms with van der Waals surface area (Å²) in [4.78, 5) is 0. The average molecular weight is 326 g/mol. The van der Waals surface area contributed by atoms with Crippen molar-refractivity contribution in [2.45, 2.75) is 38.6 Å². The zero-order valence-corrected chi connectivity index (χ0v) is 12.7. The molecule has 1 heterocycles. The molecule has 1 aromatic carbocycles. The highest BCUT2D eigenvalue weighted by atomic mass is 79.9. The molecule has 3 rings (SSSR count). The van der Waals surface area contributed by atoms with E-state index in [1.807, 2.05) is 6.07 Å². The Morgan fingerprint density at radius 3 is 2.68 bits per heavy atom. The molecule has 0 amide bonds. The Morgan fingerprint density at radius 2 is 1.89 bits per heavy atom. The maximum absolute atomic E-state index is 5.41. The van der Waals surface area contributed by atoms with Crippen LogP contribution >= 0.6 is 15.9 Å². The van der Waals surface area contributed by atoms with Gasteiger partial charge in [-0.15, -0.1) is 0 Å². The smallest absolute Gasteiger partial charge is 0.231 e. The fourth-order valence-electron chi connectivity index (χ4n) is 2.92. The van der Waals surface area contributed by atoms with Crippen molar-refractivity contribution in [1.29, 1.82) is 0 Å². The lowest BCUT2D eigenvalue weighted by Crippen LogP contribution is -2.17. The van der Waals surface area contributed by atoms with Gasteiger partial charge in [-0.3, -0.25) is 0 Å². The minimum atomic E-state index is 0.334. The fraction of sp³-hybridized carbons (Fsp3) is 0.600. The van der Waals surface area contributed by atoms with E-state index in [0.717, 1.165) is 35.0 Å². The predicted octanol–water partition coefficient (Wildman–Crippen LogP) is 3.85. The van der Waals surface area contributed by atoms with Gasteiger partial charge in [-0.1, -0.05) is 41.6 Å². The summed E-state index contributed by atoms with van der Waals surface area (Å²) in [5, 5.41) is 3.53. The SMILES string of the molecule is Brc1cc2c(cc1CNCCC1CCCC1)OCO2. The largest absolute Gasteiger partial charge is 0.454 e. The van der Waals surface area contributed by atoms with E-state index in [1.54, 1.807) is 0 Å². The quantitative estimate of drug-likeness (QED) is 0.834. The summed E-state index contributed by atoms with van der Waals surface area (Å²) in [6.45, 7) is 2.32. The topological polar surface area (TPSA) is 30.5 Å². The Labute approximate surface area is 122 Å². The van der Waals surface area contributed by atoms with E-state index in [0.29, 0.717) is 6.79 Å². The Morgan fingerprint density at radius 1 is 1.16 bits per heavy atom. The first kappa shape index (κ1) is 13.3. The zero-order valence-electron chi connectivity index (χ0n) is 11.1. The summed E-state index contributed by atoms with van der Waals surface area (Å²) in [6, 6.07) is 4.06. The van der Waals surface area contributed by atoms with Crippen molar-refractivity contribution >= 4 is 15.9 Å². The summed E-state index contributed by atoms with van der Waals surface area (Å²) >= 11 is 3.59. The molecule has 0 radical (unpaired) electrons. The van der Waals surface area contributed by atoms with E-state index in [2.05, 4.69) is 27.3 Å². The van der Waals surface area contributed by atoms with Crippen molar-refractivity contribution in [3.8, 4) is 11.5 Å². The molecule has 3 nitrogen and oxygen atoms in total. The van der Waals surface area contributed by atoms with Crippen LogP contribution < -0.4 is 14.8 Å². The van der Waals surface area contributed by atoms with Crippen LogP contribution in [0.1, 0.15) is 37.7 Å². The average Bonchev–Trinajstić information content (AvgIpc) is 3.05. The fourth-order valence-corrected chi connectivity index (χ4v) is 3.39. The van der Waals surface area contributed by atoms with Gasteiger partial charge in [-0.2, -0.15) is 0 Å². The van der Waals surface area contributed by atoms with Crippen molar-refractivity contribution in [2.75, 3.05) is 13.3 Å². The molecule has 1 aliphatic heterocycles. The van der Waals surface area contributed by atoms with Crippen LogP contribution in [0.5, 0.6) is 11.5 Å². The minimum absolute atomic E-state index is 0.334. The number of rotatable bonds is 5. The number of ether oxygens (including phenoxy) is 2. The second-order valence-electron chi connectivity index (χ2n) is 5.41. The number of nitrogens with one attached hydrogen (secondary N) is 1. The molecule has 2 aliphatic rings. The van der Waals surface area contributed by atoms with Gasteiger partial charge in [0.15, 0.2) is 11.5 Å². The number of fused-ring (bicyclic) bond motifs is 1. The van der Waals surface area contributed by atoms with Crippen LogP contribution in [-0.4, -0.2) is 13.3 Å². The molecule has 0 unspecified atom stereocenters. The Balaban J connectivity index is 1.49. The van der Waals surface area contributed by atoms with Gasteiger partial charge in [0.2, 0.25) is 6.79 Å². The van der Waals surface area contributed by atoms with E-state index >= 15 is 0 Å². The van der Waals surface area contributed by atoms with E-state index < -0.39 is 0 Å². The Hall–Kier alpha value is -0.740. The van der Waals surface area contributed by atoms with E-state index in [-0.39, 0.29) is 0 Å². The summed E-state index contributed by atoms with van der Waals surface area (Å²) in [5.41, 5.74) is 1.23. The highest BCUT2D eigenvalue weighted by Gasteiger charge is 2.17. The highest BCUT2D eigenvalue weighted by Crippen LogP contribution is 2.36. The summed E-state index contributed by atoms with van der Waals surface area (Å²) in [5.74, 6) is 2.64. The van der Waals surface area contributed by atoms with E-state index in [9.17, 15) is 0 Å². The molecule has 1 aromatic rings. The summed E-state index contributed by atoms with van der Waals surface area (Å²) in [7, 11) is 0. The normalized spacial score (nSPS) is 18.2. The van der Waals surface area contributed by atoms with Crippen LogP contribution in [0.15, 0.2) is 16.6 Å². The van der Waals surface area contributed by atoms with E-state index in [4.69, 9.17) is 9.47 Å². The monoisotopic (exact) mass is 325 g/mol. The van der Waals surface area contributed by atoms with Crippen LogP contribution in [-0.2, 0) is 6.54 Å². The van der Waals surface area contributed by atoms with Gasteiger partial charge in [0, 0.05) is 11.0 Å². The van der Waals surface area contributed by atoms with Gasteiger partial charge in [-0.25, -0.2) is 0 Å². The first-order valence-electron chi connectivity index (χ1n) is 7.11. The third-order valence-electron chi connectivity index (χ3n) is 4.06. The third kappa shape index (κ3) is 3.23. The van der Waals surface area contributed by atoms with Crippen molar-refractivity contribution in [3.05, 3.63) is 22.2 Å². The maximum atomic E-state index is 5.41. The lowest BCUT2D eigenvalue weighted by atomic mass is 10.0. The maximum Gasteiger partial charge on any atom is 0.231 e. The van der Waals surface area contributed by atoms with Crippen LogP contribution in [0.25, 0.3) is 0 Å². The molecule has 1 fully saturated rings. The van der Waals surface area contributed by atoms with E-state index in [1.165, 1.54) is 37.7 Å². The molecule has 4 heteroatoms. The third-order valence-corrected chi connectivity index (χ3v) is 4.80. The predicted molar refractivity (Wildman–Crippen MR) is 78.5 cm³/mol. The molecular weight excluding hydrogens is 306 g/mol. The standard InChI is InChI=1S/C15H20BrNO2/c16-13-8-15-14(18-10-19-15)7-12(13)9-17-6-5-11-3-1-2-4-11/h7-8,11,17H,1-6,9-10H2. The minimum Gasteiger partial charge on any atom is -0.454 e. The van der Waals surface area contributed by atoms with Gasteiger partial charge < -0.3 is 14.8 Å². The van der Waals surface area contributed by atoms with Crippen LogP contribution in [0.2, 0.25) is 0 Å². The first-order valence-corrected chi connectivity index (χ1v) is 7.91. The van der Waals surface area contributed by atoms with Crippen LogP contribution in [0.4, 0.5) is 0 Å². The first-order chi connectivity index (χ1) is 9.33. The van der Waals surface area contributed by atoms with Crippen molar-refractivity contribution in [2.24, 2.45) is 5.92 Å². The summed E-state index contributed by atoms with van der Waals surface area (Å²) < 4.78 is 11.9. The van der Waals surface area contributed by atoms with Crippen molar-refractivity contribution in [3.63, 3.8) is 0 Å². The van der Waals surface area contributed by atoms with Gasteiger partial charge in [0.25, 0.3) is 0 Å². The number of benzene rings is 1. The lowest BCUT2D eigenvalue weighted by molar-refractivity contribution is 0.174. The van der Waals surface area contributed by atoms with Crippen LogP contribution in [0, 0.1) is 5.92 Å². The van der Waals surface area contributed by atoms with Crippen molar-refractivity contribution < 1.29 is 9.47 Å². The van der Waals surface area contributed by atoms with Gasteiger partial charge in [-0.05, 0) is 36.6 Å². The molecule has 0 saturated heterocycles. The van der Waals surface area contributed by atoms with Crippen molar-refractivity contribution in [1.82, 2.24) is 5.32 Å². The molecule has 0 bridgehead atoms. The summed E-state index contributed by atoms with van der Waals surface area (Å²) in [6.07, 6.45) is 7.02. The van der Waals surface area contributed by atoms with Gasteiger partial charge >= 0.3 is 0 Å². The number of hydrogen-bond donors (Lipinski definition) is 1.